The van der Waals surface area contributed by atoms with Crippen LogP contribution in [0.2, 0.25) is 0 Å². The first kappa shape index (κ1) is 51.2. The van der Waals surface area contributed by atoms with Crippen molar-refractivity contribution in [3.8, 4) is 0 Å². The molecule has 0 rings (SSSR count). The maximum atomic E-state index is 12.6. The third-order valence-corrected chi connectivity index (χ3v) is 10.2. The number of carbonyl (C=O) groups excluding carboxylic acids is 2. The molecule has 53 heavy (non-hydrogen) atoms. The minimum absolute atomic E-state index is 0.166. The van der Waals surface area contributed by atoms with Gasteiger partial charge in [-0.1, -0.05) is 161 Å². The number of carboxylic acid groups (broad SMARTS) is 1. The molecule has 11 nitrogen and oxygen atoms in total. The molecule has 0 heterocycles. The summed E-state index contributed by atoms with van der Waals surface area (Å²) < 4.78 is 32.6. The maximum absolute atomic E-state index is 12.6. The fraction of sp³-hybridized carbons (Fsp3) is 0.878. The molecule has 0 spiro atoms. The number of allylic oxidation sites excluding steroid dienone is 2. The van der Waals surface area contributed by atoms with E-state index in [2.05, 4.69) is 30.5 Å². The molecule has 312 valence electrons. The molecule has 0 aromatic rings. The summed E-state index contributed by atoms with van der Waals surface area (Å²) in [7, 11) is -4.71. The molecule has 0 saturated heterocycles. The number of aliphatic carboxylic acids is 1. The standard InChI is InChI=1S/C41H78NO10P/c1-3-5-7-9-11-13-15-17-18-19-21-22-24-26-28-30-32-39(43)49-34-37(35-50-53(47,48)51-36-38(42)41(45)46)52-40(44)33-31-29-27-25-23-20-16-14-12-10-8-6-4-2/h15,17,37-38H,3-14,16,18-36,42H2,1-2H3,(H,45,46)(H,47,48)/b17-15-/t37-,38+/m1/s1. The number of phosphoric ester groups is 1. The van der Waals surface area contributed by atoms with Crippen molar-refractivity contribution in [2.75, 3.05) is 19.8 Å². The summed E-state index contributed by atoms with van der Waals surface area (Å²) in [6.45, 7) is 2.80. The van der Waals surface area contributed by atoms with Gasteiger partial charge in [0.25, 0.3) is 0 Å². The van der Waals surface area contributed by atoms with Gasteiger partial charge < -0.3 is 25.2 Å². The predicted molar refractivity (Wildman–Crippen MR) is 213 cm³/mol. The number of carboxylic acids is 1. The van der Waals surface area contributed by atoms with Crippen molar-refractivity contribution >= 4 is 25.7 Å². The fourth-order valence-electron chi connectivity index (χ4n) is 5.88. The van der Waals surface area contributed by atoms with Crippen LogP contribution in [-0.2, 0) is 37.5 Å². The first-order chi connectivity index (χ1) is 25.6. The van der Waals surface area contributed by atoms with Crippen LogP contribution in [0.25, 0.3) is 0 Å². The molecule has 0 bridgehead atoms. The van der Waals surface area contributed by atoms with E-state index in [-0.39, 0.29) is 19.4 Å². The molecule has 0 aromatic carbocycles. The summed E-state index contributed by atoms with van der Waals surface area (Å²) in [5.41, 5.74) is 5.33. The van der Waals surface area contributed by atoms with Crippen molar-refractivity contribution in [2.45, 2.75) is 212 Å². The zero-order chi connectivity index (χ0) is 39.3. The van der Waals surface area contributed by atoms with E-state index >= 15 is 0 Å². The van der Waals surface area contributed by atoms with Gasteiger partial charge in [-0.05, 0) is 38.5 Å². The van der Waals surface area contributed by atoms with Crippen molar-refractivity contribution in [1.29, 1.82) is 0 Å². The van der Waals surface area contributed by atoms with Gasteiger partial charge in [0.15, 0.2) is 6.10 Å². The molecule has 0 aromatic heterocycles. The smallest absolute Gasteiger partial charge is 0.472 e. The molecular weight excluding hydrogens is 697 g/mol. The number of rotatable bonds is 40. The average Bonchev–Trinajstić information content (AvgIpc) is 3.13. The van der Waals surface area contributed by atoms with Crippen molar-refractivity contribution in [3.05, 3.63) is 12.2 Å². The predicted octanol–water partition coefficient (Wildman–Crippen LogP) is 10.9. The summed E-state index contributed by atoms with van der Waals surface area (Å²) in [4.78, 5) is 45.9. The molecule has 3 atom stereocenters. The highest BCUT2D eigenvalue weighted by Crippen LogP contribution is 2.43. The lowest BCUT2D eigenvalue weighted by atomic mass is 10.0. The fourth-order valence-corrected chi connectivity index (χ4v) is 6.66. The Kier molecular flexibility index (Phi) is 35.9. The Labute approximate surface area is 322 Å². The lowest BCUT2D eigenvalue weighted by Gasteiger charge is -2.20. The van der Waals surface area contributed by atoms with Crippen molar-refractivity contribution in [3.63, 3.8) is 0 Å². The molecule has 0 aliphatic heterocycles. The van der Waals surface area contributed by atoms with Gasteiger partial charge in [-0.3, -0.25) is 23.4 Å². The Morgan fingerprint density at radius 3 is 1.38 bits per heavy atom. The number of nitrogens with two attached hydrogens (primary N) is 1. The number of esters is 2. The van der Waals surface area contributed by atoms with Gasteiger partial charge in [0.1, 0.15) is 12.6 Å². The van der Waals surface area contributed by atoms with E-state index < -0.39 is 51.1 Å². The van der Waals surface area contributed by atoms with E-state index in [1.54, 1.807) is 0 Å². The Bertz CT molecular complexity index is 963. The highest BCUT2D eigenvalue weighted by Gasteiger charge is 2.28. The van der Waals surface area contributed by atoms with Crippen LogP contribution < -0.4 is 5.73 Å². The molecule has 0 amide bonds. The summed E-state index contributed by atoms with van der Waals surface area (Å²) >= 11 is 0. The maximum Gasteiger partial charge on any atom is 0.472 e. The van der Waals surface area contributed by atoms with Crippen LogP contribution in [0.4, 0.5) is 0 Å². The molecule has 0 saturated carbocycles. The van der Waals surface area contributed by atoms with Crippen LogP contribution in [0.15, 0.2) is 12.2 Å². The molecule has 4 N–H and O–H groups in total. The molecule has 12 heteroatoms. The van der Waals surface area contributed by atoms with Gasteiger partial charge >= 0.3 is 25.7 Å². The number of carbonyl (C=O) groups is 3. The lowest BCUT2D eigenvalue weighted by Crippen LogP contribution is -2.34. The largest absolute Gasteiger partial charge is 0.480 e. The second-order valence-corrected chi connectivity index (χ2v) is 15.9. The summed E-state index contributed by atoms with van der Waals surface area (Å²) in [5, 5.41) is 8.87. The van der Waals surface area contributed by atoms with Gasteiger partial charge in [0, 0.05) is 12.8 Å². The van der Waals surface area contributed by atoms with Crippen LogP contribution >= 0.6 is 7.82 Å². The van der Waals surface area contributed by atoms with Gasteiger partial charge in [0.2, 0.25) is 0 Å². The van der Waals surface area contributed by atoms with Gasteiger partial charge in [0.05, 0.1) is 13.2 Å². The minimum Gasteiger partial charge on any atom is -0.480 e. The number of phosphoric acid groups is 1. The second kappa shape index (κ2) is 37.2. The second-order valence-electron chi connectivity index (χ2n) is 14.5. The number of ether oxygens (including phenoxy) is 2. The zero-order valence-electron chi connectivity index (χ0n) is 33.6. The monoisotopic (exact) mass is 776 g/mol. The van der Waals surface area contributed by atoms with Crippen molar-refractivity contribution in [2.24, 2.45) is 5.73 Å². The van der Waals surface area contributed by atoms with Crippen LogP contribution in [0.5, 0.6) is 0 Å². The molecule has 0 fully saturated rings. The highest BCUT2D eigenvalue weighted by molar-refractivity contribution is 7.47. The SMILES string of the molecule is CCCCCCC/C=C\CCCCCCCCCC(=O)OC[C@H](COP(=O)(O)OC[C@H](N)C(=O)O)OC(=O)CCCCCCCCCCCCCCC. The van der Waals surface area contributed by atoms with E-state index in [9.17, 15) is 23.8 Å². The van der Waals surface area contributed by atoms with E-state index in [0.717, 1.165) is 44.9 Å². The zero-order valence-corrected chi connectivity index (χ0v) is 34.5. The van der Waals surface area contributed by atoms with E-state index in [1.807, 2.05) is 0 Å². The van der Waals surface area contributed by atoms with Crippen LogP contribution in [-0.4, -0.2) is 59.9 Å². The van der Waals surface area contributed by atoms with Crippen molar-refractivity contribution < 1.29 is 47.5 Å². The average molecular weight is 776 g/mol. The van der Waals surface area contributed by atoms with Gasteiger partial charge in [-0.2, -0.15) is 0 Å². The highest BCUT2D eigenvalue weighted by atomic mass is 31.2. The van der Waals surface area contributed by atoms with E-state index in [1.165, 1.54) is 116 Å². The van der Waals surface area contributed by atoms with Gasteiger partial charge in [-0.25, -0.2) is 4.57 Å². The summed E-state index contributed by atoms with van der Waals surface area (Å²) in [6.07, 6.45) is 35.6. The molecule has 0 radical (unpaired) electrons. The topological polar surface area (TPSA) is 172 Å². The quantitative estimate of drug-likeness (QED) is 0.0234. The Balaban J connectivity index is 4.35. The lowest BCUT2D eigenvalue weighted by molar-refractivity contribution is -0.161. The van der Waals surface area contributed by atoms with Crippen molar-refractivity contribution in [1.82, 2.24) is 0 Å². The molecule has 1 unspecified atom stereocenters. The molecule has 0 aliphatic carbocycles. The Hall–Kier alpha value is -1.78. The Morgan fingerprint density at radius 2 is 0.943 bits per heavy atom. The third kappa shape index (κ3) is 36.9. The summed E-state index contributed by atoms with van der Waals surface area (Å²) in [6, 6.07) is -1.52. The number of unbranched alkanes of at least 4 members (excludes halogenated alkanes) is 24. The van der Waals surface area contributed by atoms with Crippen LogP contribution in [0, 0.1) is 0 Å². The minimum atomic E-state index is -4.71. The molecule has 0 aliphatic rings. The summed E-state index contributed by atoms with van der Waals surface area (Å²) in [5.74, 6) is -2.37. The Morgan fingerprint density at radius 1 is 0.566 bits per heavy atom. The van der Waals surface area contributed by atoms with Crippen LogP contribution in [0.1, 0.15) is 200 Å². The van der Waals surface area contributed by atoms with E-state index in [4.69, 9.17) is 24.8 Å². The first-order valence-electron chi connectivity index (χ1n) is 21.2. The normalized spacial score (nSPS) is 13.9. The third-order valence-electron chi connectivity index (χ3n) is 9.26. The first-order valence-corrected chi connectivity index (χ1v) is 22.7. The van der Waals surface area contributed by atoms with Gasteiger partial charge in [-0.15, -0.1) is 0 Å². The number of hydrogen-bond donors (Lipinski definition) is 3. The number of hydrogen-bond acceptors (Lipinski definition) is 9. The molecular formula is C41H78NO10P. The van der Waals surface area contributed by atoms with Crippen LogP contribution in [0.3, 0.4) is 0 Å². The van der Waals surface area contributed by atoms with E-state index in [0.29, 0.717) is 12.8 Å².